The van der Waals surface area contributed by atoms with Crippen molar-refractivity contribution in [3.05, 3.63) is 71.8 Å². The second kappa shape index (κ2) is 13.9. The maximum atomic E-state index is 12.0. The van der Waals surface area contributed by atoms with Crippen LogP contribution in [-0.2, 0) is 0 Å². The molecule has 2 fully saturated rings. The topological polar surface area (TPSA) is 73.5 Å². The molecule has 0 aromatic heterocycles. The molecule has 6 nitrogen and oxygen atoms in total. The van der Waals surface area contributed by atoms with E-state index in [1.807, 2.05) is 41.3 Å². The Balaban J connectivity index is 0.000000181. The summed E-state index contributed by atoms with van der Waals surface area (Å²) in [5.74, 6) is 0.143. The number of halogens is 1. The molecule has 0 radical (unpaired) electrons. The van der Waals surface area contributed by atoms with Crippen molar-refractivity contribution in [2.75, 3.05) is 39.3 Å². The summed E-state index contributed by atoms with van der Waals surface area (Å²) in [7, 11) is 0. The lowest BCUT2D eigenvalue weighted by Gasteiger charge is -2.31. The molecule has 4 rings (SSSR count). The zero-order valence-corrected chi connectivity index (χ0v) is 19.1. The minimum absolute atomic E-state index is 0.143. The second-order valence-electron chi connectivity index (χ2n) is 7.67. The summed E-state index contributed by atoms with van der Waals surface area (Å²) in [6.07, 6.45) is 0. The molecule has 2 heterocycles. The molecule has 2 saturated heterocycles. The lowest BCUT2D eigenvalue weighted by atomic mass is 10.1. The van der Waals surface area contributed by atoms with Crippen molar-refractivity contribution < 1.29 is 9.59 Å². The van der Waals surface area contributed by atoms with Gasteiger partial charge in [0, 0.05) is 62.5 Å². The number of hydrogen-bond acceptors (Lipinski definition) is 5. The van der Waals surface area contributed by atoms with Crippen molar-refractivity contribution in [1.82, 2.24) is 20.9 Å². The average Bonchev–Trinajstić information content (AvgIpc) is 2.81. The van der Waals surface area contributed by atoms with Gasteiger partial charge in [-0.2, -0.15) is 0 Å². The van der Waals surface area contributed by atoms with Crippen LogP contribution in [0.15, 0.2) is 60.7 Å². The van der Waals surface area contributed by atoms with Crippen molar-refractivity contribution in [3.8, 4) is 0 Å². The van der Waals surface area contributed by atoms with Gasteiger partial charge in [0.25, 0.3) is 11.1 Å². The van der Waals surface area contributed by atoms with Crippen LogP contribution in [0.1, 0.15) is 34.6 Å². The van der Waals surface area contributed by atoms with E-state index in [2.05, 4.69) is 29.8 Å². The summed E-state index contributed by atoms with van der Waals surface area (Å²) in [5, 5.41) is 9.51. The van der Waals surface area contributed by atoms with E-state index >= 15 is 0 Å². The minimum atomic E-state index is -0.407. The zero-order chi connectivity index (χ0) is 22.5. The van der Waals surface area contributed by atoms with E-state index in [-0.39, 0.29) is 5.91 Å². The molecule has 2 aromatic carbocycles. The summed E-state index contributed by atoms with van der Waals surface area (Å²) in [6, 6.07) is 19.3. The first kappa shape index (κ1) is 25.0. The Morgan fingerprint density at radius 1 is 0.839 bits per heavy atom. The number of piperazine rings is 2. The van der Waals surface area contributed by atoms with E-state index < -0.39 is 5.24 Å². The van der Waals surface area contributed by atoms with Crippen molar-refractivity contribution in [2.24, 2.45) is 0 Å². The van der Waals surface area contributed by atoms with Crippen molar-refractivity contribution >= 4 is 22.8 Å². The van der Waals surface area contributed by atoms with Crippen LogP contribution in [0.25, 0.3) is 0 Å². The highest BCUT2D eigenvalue weighted by atomic mass is 35.5. The molecule has 0 unspecified atom stereocenters. The fourth-order valence-electron chi connectivity index (χ4n) is 3.25. The molecular weight excluding hydrogens is 412 g/mol. The molecule has 3 N–H and O–H groups in total. The van der Waals surface area contributed by atoms with Crippen molar-refractivity contribution in [1.29, 1.82) is 0 Å². The standard InChI is InChI=1S/C12H16N2O.C7H5ClO.C5H12N2/c1-10-9-14(8-7-13-10)12(15)11-5-3-2-4-6-11;8-7(9)6-4-2-1-3-5-6;1-5-4-6-2-3-7-5/h2-6,10,13H,7-9H2,1H3;1-5H;5-7H,2-4H2,1H3/t10-;;5-/m1.1/s1. The van der Waals surface area contributed by atoms with E-state index in [1.54, 1.807) is 24.3 Å². The Bertz CT molecular complexity index is 783. The molecule has 1 amide bonds. The van der Waals surface area contributed by atoms with Crippen LogP contribution in [0.3, 0.4) is 0 Å². The number of rotatable bonds is 2. The van der Waals surface area contributed by atoms with Gasteiger partial charge in [-0.3, -0.25) is 9.59 Å². The van der Waals surface area contributed by atoms with Gasteiger partial charge in [0.15, 0.2) is 0 Å². The monoisotopic (exact) mass is 444 g/mol. The maximum Gasteiger partial charge on any atom is 0.253 e. The van der Waals surface area contributed by atoms with Crippen LogP contribution in [0.4, 0.5) is 0 Å². The van der Waals surface area contributed by atoms with Crippen LogP contribution < -0.4 is 16.0 Å². The quantitative estimate of drug-likeness (QED) is 0.621. The zero-order valence-electron chi connectivity index (χ0n) is 18.3. The summed E-state index contributed by atoms with van der Waals surface area (Å²) in [6.45, 7) is 10.2. The molecule has 2 aromatic rings. The van der Waals surface area contributed by atoms with Gasteiger partial charge in [-0.05, 0) is 37.6 Å². The van der Waals surface area contributed by atoms with E-state index in [0.717, 1.165) is 44.8 Å². The number of carbonyl (C=O) groups is 2. The Morgan fingerprint density at radius 2 is 1.42 bits per heavy atom. The molecular formula is C24H33ClN4O2. The van der Waals surface area contributed by atoms with Crippen LogP contribution in [-0.4, -0.2) is 67.4 Å². The predicted molar refractivity (Wildman–Crippen MR) is 127 cm³/mol. The van der Waals surface area contributed by atoms with Crippen LogP contribution in [0.2, 0.25) is 0 Å². The number of amides is 1. The minimum Gasteiger partial charge on any atom is -0.336 e. The predicted octanol–water partition coefficient (Wildman–Crippen LogP) is 2.75. The molecule has 2 aliphatic rings. The third-order valence-corrected chi connectivity index (χ3v) is 5.14. The van der Waals surface area contributed by atoms with Gasteiger partial charge in [0.05, 0.1) is 0 Å². The fourth-order valence-corrected chi connectivity index (χ4v) is 3.37. The number of hydrogen-bond donors (Lipinski definition) is 3. The first-order valence-electron chi connectivity index (χ1n) is 10.7. The Labute approximate surface area is 190 Å². The van der Waals surface area contributed by atoms with Gasteiger partial charge in [0.2, 0.25) is 0 Å². The molecule has 0 saturated carbocycles. The normalized spacial score (nSPS) is 20.4. The summed E-state index contributed by atoms with van der Waals surface area (Å²) in [4.78, 5) is 24.4. The molecule has 31 heavy (non-hydrogen) atoms. The molecule has 168 valence electrons. The number of nitrogens with zero attached hydrogens (tertiary/aromatic N) is 1. The van der Waals surface area contributed by atoms with Gasteiger partial charge in [-0.15, -0.1) is 0 Å². The highest BCUT2D eigenvalue weighted by Crippen LogP contribution is 2.07. The van der Waals surface area contributed by atoms with E-state index in [0.29, 0.717) is 17.6 Å². The second-order valence-corrected chi connectivity index (χ2v) is 8.01. The first-order valence-corrected chi connectivity index (χ1v) is 11.1. The van der Waals surface area contributed by atoms with Gasteiger partial charge < -0.3 is 20.9 Å². The Hall–Kier alpha value is -2.25. The molecule has 0 aliphatic carbocycles. The highest BCUT2D eigenvalue weighted by molar-refractivity contribution is 6.67. The van der Waals surface area contributed by atoms with Gasteiger partial charge in [-0.25, -0.2) is 0 Å². The number of benzene rings is 2. The maximum absolute atomic E-state index is 12.0. The van der Waals surface area contributed by atoms with Gasteiger partial charge >= 0.3 is 0 Å². The van der Waals surface area contributed by atoms with Crippen LogP contribution >= 0.6 is 11.6 Å². The van der Waals surface area contributed by atoms with E-state index in [1.165, 1.54) is 0 Å². The fraction of sp³-hybridized carbons (Fsp3) is 0.417. The average molecular weight is 445 g/mol. The third-order valence-electron chi connectivity index (χ3n) is 4.92. The Morgan fingerprint density at radius 3 is 1.84 bits per heavy atom. The van der Waals surface area contributed by atoms with Gasteiger partial charge in [-0.1, -0.05) is 48.5 Å². The van der Waals surface area contributed by atoms with Crippen molar-refractivity contribution in [2.45, 2.75) is 25.9 Å². The molecule has 7 heteroatoms. The van der Waals surface area contributed by atoms with E-state index in [4.69, 9.17) is 11.6 Å². The van der Waals surface area contributed by atoms with Gasteiger partial charge in [0.1, 0.15) is 0 Å². The lowest BCUT2D eigenvalue weighted by Crippen LogP contribution is -2.51. The summed E-state index contributed by atoms with van der Waals surface area (Å²) in [5.41, 5.74) is 1.32. The highest BCUT2D eigenvalue weighted by Gasteiger charge is 2.21. The summed E-state index contributed by atoms with van der Waals surface area (Å²) < 4.78 is 0. The lowest BCUT2D eigenvalue weighted by molar-refractivity contribution is 0.0709. The SMILES string of the molecule is C[C@@H]1CN(C(=O)c2ccccc2)CCN1.C[C@@H]1CNCCN1.O=C(Cl)c1ccccc1. The van der Waals surface area contributed by atoms with Crippen molar-refractivity contribution in [3.63, 3.8) is 0 Å². The van der Waals surface area contributed by atoms with Crippen LogP contribution in [0.5, 0.6) is 0 Å². The molecule has 0 bridgehead atoms. The van der Waals surface area contributed by atoms with Crippen LogP contribution in [0, 0.1) is 0 Å². The number of carbonyl (C=O) groups excluding carboxylic acids is 2. The largest absolute Gasteiger partial charge is 0.336 e. The Kier molecular flexibility index (Phi) is 11.2. The number of nitrogens with one attached hydrogen (secondary N) is 3. The smallest absolute Gasteiger partial charge is 0.253 e. The van der Waals surface area contributed by atoms with E-state index in [9.17, 15) is 9.59 Å². The summed E-state index contributed by atoms with van der Waals surface area (Å²) >= 11 is 5.16. The first-order chi connectivity index (χ1) is 15.0. The molecule has 2 atom stereocenters. The molecule has 2 aliphatic heterocycles. The molecule has 0 spiro atoms. The third kappa shape index (κ3) is 9.61.